The highest BCUT2D eigenvalue weighted by Crippen LogP contribution is 2.29. The molecule has 0 radical (unpaired) electrons. The zero-order valence-electron chi connectivity index (χ0n) is 16.0. The monoisotopic (exact) mass is 398 g/mol. The highest BCUT2D eigenvalue weighted by Gasteiger charge is 2.11. The lowest BCUT2D eigenvalue weighted by atomic mass is 10.1. The molecule has 5 nitrogen and oxygen atoms in total. The number of nitrogens with one attached hydrogen (secondary N) is 1. The van der Waals surface area contributed by atoms with Crippen LogP contribution in [0.4, 0.5) is 5.69 Å². The number of halogens is 1. The van der Waals surface area contributed by atoms with Gasteiger partial charge in [-0.2, -0.15) is 5.26 Å². The van der Waals surface area contributed by atoms with Gasteiger partial charge in [-0.25, -0.2) is 0 Å². The number of carbonyl (C=O) groups excluding carboxylic acids is 1. The Morgan fingerprint density at radius 3 is 2.57 bits per heavy atom. The molecule has 146 valence electrons. The Kier molecular flexibility index (Phi) is 8.38. The molecule has 1 N–H and O–H groups in total. The Bertz CT molecular complexity index is 870. The number of ether oxygens (including phenoxy) is 2. The summed E-state index contributed by atoms with van der Waals surface area (Å²) in [6.45, 7) is 2.75. The van der Waals surface area contributed by atoms with Gasteiger partial charge in [-0.05, 0) is 54.5 Å². The maximum atomic E-state index is 12.4. The molecular formula is C22H23ClN2O3. The number of rotatable bonds is 9. The first kappa shape index (κ1) is 21.3. The Balaban J connectivity index is 2.13. The SMILES string of the molecule is CCCCCOc1ccc(C=C(C#N)C(=O)Nc2ccc(Cl)cc2)cc1OC. The van der Waals surface area contributed by atoms with E-state index in [0.29, 0.717) is 34.4 Å². The van der Waals surface area contributed by atoms with Crippen molar-refractivity contribution in [1.29, 1.82) is 5.26 Å². The van der Waals surface area contributed by atoms with Crippen LogP contribution in [-0.2, 0) is 4.79 Å². The summed E-state index contributed by atoms with van der Waals surface area (Å²) >= 11 is 5.84. The van der Waals surface area contributed by atoms with Crippen LogP contribution in [0, 0.1) is 11.3 Å². The Hall–Kier alpha value is -2.97. The Labute approximate surface area is 170 Å². The molecule has 1 amide bonds. The Morgan fingerprint density at radius 1 is 1.18 bits per heavy atom. The Morgan fingerprint density at radius 2 is 1.93 bits per heavy atom. The van der Waals surface area contributed by atoms with Crippen molar-refractivity contribution in [3.05, 3.63) is 58.6 Å². The van der Waals surface area contributed by atoms with Gasteiger partial charge in [0.15, 0.2) is 11.5 Å². The van der Waals surface area contributed by atoms with E-state index in [1.165, 1.54) is 6.08 Å². The summed E-state index contributed by atoms with van der Waals surface area (Å²) < 4.78 is 11.1. The highest BCUT2D eigenvalue weighted by atomic mass is 35.5. The smallest absolute Gasteiger partial charge is 0.266 e. The second-order valence-corrected chi connectivity index (χ2v) is 6.53. The number of nitrogens with zero attached hydrogens (tertiary/aromatic N) is 1. The molecule has 0 heterocycles. The summed E-state index contributed by atoms with van der Waals surface area (Å²) in [4.78, 5) is 12.4. The molecule has 0 spiro atoms. The van der Waals surface area contributed by atoms with Crippen LogP contribution >= 0.6 is 11.6 Å². The van der Waals surface area contributed by atoms with E-state index >= 15 is 0 Å². The average molecular weight is 399 g/mol. The molecule has 0 saturated heterocycles. The predicted molar refractivity (Wildman–Crippen MR) is 112 cm³/mol. The first-order valence-corrected chi connectivity index (χ1v) is 9.44. The molecule has 0 bridgehead atoms. The third kappa shape index (κ3) is 6.33. The van der Waals surface area contributed by atoms with E-state index in [0.717, 1.165) is 19.3 Å². The second-order valence-electron chi connectivity index (χ2n) is 6.10. The van der Waals surface area contributed by atoms with Gasteiger partial charge in [0.25, 0.3) is 5.91 Å². The number of nitriles is 1. The molecule has 28 heavy (non-hydrogen) atoms. The van der Waals surface area contributed by atoms with Crippen molar-refractivity contribution in [3.63, 3.8) is 0 Å². The number of carbonyl (C=O) groups is 1. The molecule has 0 aliphatic rings. The molecule has 0 aliphatic heterocycles. The fraction of sp³-hybridized carbons (Fsp3) is 0.273. The number of anilines is 1. The van der Waals surface area contributed by atoms with Gasteiger partial charge in [-0.1, -0.05) is 37.4 Å². The van der Waals surface area contributed by atoms with Crippen LogP contribution < -0.4 is 14.8 Å². The summed E-state index contributed by atoms with van der Waals surface area (Å²) in [7, 11) is 1.56. The number of benzene rings is 2. The van der Waals surface area contributed by atoms with E-state index in [1.54, 1.807) is 49.6 Å². The molecule has 2 aromatic rings. The standard InChI is InChI=1S/C22H23ClN2O3/c1-3-4-5-12-28-20-11-6-16(14-21(20)27-2)13-17(15-24)22(26)25-19-9-7-18(23)8-10-19/h6-11,13-14H,3-5,12H2,1-2H3,(H,25,26). The molecule has 0 aliphatic carbocycles. The van der Waals surface area contributed by atoms with Crippen LogP contribution in [0.5, 0.6) is 11.5 Å². The normalized spacial score (nSPS) is 10.9. The van der Waals surface area contributed by atoms with E-state index < -0.39 is 5.91 Å². The van der Waals surface area contributed by atoms with Crippen LogP contribution in [0.1, 0.15) is 31.7 Å². The fourth-order valence-electron chi connectivity index (χ4n) is 2.47. The quantitative estimate of drug-likeness (QED) is 0.345. The minimum atomic E-state index is -0.497. The van der Waals surface area contributed by atoms with Crippen molar-refractivity contribution >= 4 is 29.3 Å². The zero-order valence-corrected chi connectivity index (χ0v) is 16.8. The zero-order chi connectivity index (χ0) is 20.4. The van der Waals surface area contributed by atoms with Crippen molar-refractivity contribution in [2.75, 3.05) is 19.0 Å². The van der Waals surface area contributed by atoms with Crippen LogP contribution in [-0.4, -0.2) is 19.6 Å². The summed E-state index contributed by atoms with van der Waals surface area (Å²) in [6.07, 6.45) is 4.72. The maximum Gasteiger partial charge on any atom is 0.266 e. The predicted octanol–water partition coefficient (Wildman–Crippen LogP) is 5.46. The second kappa shape index (κ2) is 11.0. The summed E-state index contributed by atoms with van der Waals surface area (Å²) in [5, 5.41) is 12.6. The van der Waals surface area contributed by atoms with Crippen molar-refractivity contribution in [2.24, 2.45) is 0 Å². The molecule has 0 fully saturated rings. The van der Waals surface area contributed by atoms with Crippen LogP contribution in [0.15, 0.2) is 48.0 Å². The number of methoxy groups -OCH3 is 1. The van der Waals surface area contributed by atoms with E-state index in [4.69, 9.17) is 21.1 Å². The molecule has 2 aromatic carbocycles. The van der Waals surface area contributed by atoms with E-state index in [9.17, 15) is 10.1 Å². The number of unbranched alkanes of at least 4 members (excludes halogenated alkanes) is 2. The van der Waals surface area contributed by atoms with Gasteiger partial charge >= 0.3 is 0 Å². The van der Waals surface area contributed by atoms with Gasteiger partial charge in [-0.3, -0.25) is 4.79 Å². The van der Waals surface area contributed by atoms with Crippen molar-refractivity contribution in [2.45, 2.75) is 26.2 Å². The lowest BCUT2D eigenvalue weighted by molar-refractivity contribution is -0.112. The lowest BCUT2D eigenvalue weighted by Gasteiger charge is -2.11. The molecule has 0 aromatic heterocycles. The number of hydrogen-bond donors (Lipinski definition) is 1. The lowest BCUT2D eigenvalue weighted by Crippen LogP contribution is -2.13. The molecule has 2 rings (SSSR count). The first-order chi connectivity index (χ1) is 13.6. The van der Waals surface area contributed by atoms with Gasteiger partial charge in [0.05, 0.1) is 13.7 Å². The number of amides is 1. The highest BCUT2D eigenvalue weighted by molar-refractivity contribution is 6.30. The van der Waals surface area contributed by atoms with Crippen molar-refractivity contribution in [1.82, 2.24) is 0 Å². The fourth-order valence-corrected chi connectivity index (χ4v) is 2.60. The molecular weight excluding hydrogens is 376 g/mol. The molecule has 0 atom stereocenters. The summed E-state index contributed by atoms with van der Waals surface area (Å²) in [5.41, 5.74) is 1.21. The molecule has 0 unspecified atom stereocenters. The molecule has 0 saturated carbocycles. The van der Waals surface area contributed by atoms with Crippen molar-refractivity contribution in [3.8, 4) is 17.6 Å². The third-order valence-corrected chi connectivity index (χ3v) is 4.22. The minimum absolute atomic E-state index is 0.0198. The largest absolute Gasteiger partial charge is 0.493 e. The van der Waals surface area contributed by atoms with Gasteiger partial charge in [0, 0.05) is 10.7 Å². The van der Waals surface area contributed by atoms with Gasteiger partial charge in [0.1, 0.15) is 11.6 Å². The van der Waals surface area contributed by atoms with E-state index in [2.05, 4.69) is 12.2 Å². The minimum Gasteiger partial charge on any atom is -0.493 e. The van der Waals surface area contributed by atoms with Crippen molar-refractivity contribution < 1.29 is 14.3 Å². The number of hydrogen-bond acceptors (Lipinski definition) is 4. The van der Waals surface area contributed by atoms with E-state index in [-0.39, 0.29) is 5.57 Å². The van der Waals surface area contributed by atoms with Crippen LogP contribution in [0.25, 0.3) is 6.08 Å². The third-order valence-electron chi connectivity index (χ3n) is 3.97. The van der Waals surface area contributed by atoms with Gasteiger partial charge in [-0.15, -0.1) is 0 Å². The average Bonchev–Trinajstić information content (AvgIpc) is 2.71. The first-order valence-electron chi connectivity index (χ1n) is 9.07. The van der Waals surface area contributed by atoms with Gasteiger partial charge < -0.3 is 14.8 Å². The summed E-state index contributed by atoms with van der Waals surface area (Å²) in [6, 6.07) is 13.9. The maximum absolute atomic E-state index is 12.4. The van der Waals surface area contributed by atoms with Crippen LogP contribution in [0.3, 0.4) is 0 Å². The topological polar surface area (TPSA) is 71.3 Å². The van der Waals surface area contributed by atoms with Crippen LogP contribution in [0.2, 0.25) is 5.02 Å². The summed E-state index contributed by atoms with van der Waals surface area (Å²) in [5.74, 6) is 0.698. The van der Waals surface area contributed by atoms with Gasteiger partial charge in [0.2, 0.25) is 0 Å². The molecule has 6 heteroatoms. The van der Waals surface area contributed by atoms with E-state index in [1.807, 2.05) is 6.07 Å².